The summed E-state index contributed by atoms with van der Waals surface area (Å²) < 4.78 is 26.7. The van der Waals surface area contributed by atoms with Crippen molar-refractivity contribution in [1.82, 2.24) is 5.32 Å². The van der Waals surface area contributed by atoms with Crippen molar-refractivity contribution in [1.29, 1.82) is 0 Å². The van der Waals surface area contributed by atoms with E-state index < -0.39 is 11.6 Å². The van der Waals surface area contributed by atoms with E-state index in [1.807, 2.05) is 0 Å². The summed E-state index contributed by atoms with van der Waals surface area (Å²) in [7, 11) is 0. The van der Waals surface area contributed by atoms with Crippen LogP contribution in [0.5, 0.6) is 0 Å². The number of nitrogens with one attached hydrogen (secondary N) is 2. The molecule has 2 N–H and O–H groups in total. The average Bonchev–Trinajstić information content (AvgIpc) is 2.60. The quantitative estimate of drug-likeness (QED) is 0.744. The first-order valence-electron chi connectivity index (χ1n) is 8.13. The molecule has 4 nitrogen and oxygen atoms in total. The molecule has 26 heavy (non-hydrogen) atoms. The highest BCUT2D eigenvalue weighted by Crippen LogP contribution is 2.19. The Bertz CT molecular complexity index is 821. The number of benzene rings is 2. The summed E-state index contributed by atoms with van der Waals surface area (Å²) in [6.07, 6.45) is 1.28. The topological polar surface area (TPSA) is 58.2 Å². The molecule has 1 atom stereocenters. The Kier molecular flexibility index (Phi) is 6.60. The van der Waals surface area contributed by atoms with Crippen molar-refractivity contribution in [2.75, 3.05) is 11.9 Å². The second-order valence-corrected chi connectivity index (χ2v) is 5.94. The molecule has 0 radical (unpaired) electrons. The monoisotopic (exact) mass is 358 g/mol. The average molecular weight is 358 g/mol. The first kappa shape index (κ1) is 19.3. The zero-order valence-electron chi connectivity index (χ0n) is 14.4. The van der Waals surface area contributed by atoms with E-state index in [9.17, 15) is 18.4 Å². The van der Waals surface area contributed by atoms with Gasteiger partial charge in [-0.3, -0.25) is 9.59 Å². The van der Waals surface area contributed by atoms with Crippen LogP contribution < -0.4 is 10.6 Å². The lowest BCUT2D eigenvalue weighted by Gasteiger charge is -2.14. The van der Waals surface area contributed by atoms with Gasteiger partial charge in [0.25, 0.3) is 0 Å². The molecule has 6 heteroatoms. The van der Waals surface area contributed by atoms with E-state index in [4.69, 9.17) is 0 Å². The molecule has 0 saturated heterocycles. The van der Waals surface area contributed by atoms with Crippen LogP contribution in [-0.4, -0.2) is 18.4 Å². The van der Waals surface area contributed by atoms with Gasteiger partial charge in [-0.1, -0.05) is 31.7 Å². The molecule has 0 bridgehead atoms. The van der Waals surface area contributed by atoms with Crippen LogP contribution in [0.25, 0.3) is 0 Å². The van der Waals surface area contributed by atoms with Crippen LogP contribution in [-0.2, 0) is 16.0 Å². The second kappa shape index (κ2) is 8.89. The SMILES string of the molecule is C=CC(=O)Nc1cccc(CC(=O)NCC(C)c2ccc(F)cc2F)c1. The van der Waals surface area contributed by atoms with Crippen molar-refractivity contribution in [3.05, 3.63) is 77.9 Å². The minimum absolute atomic E-state index is 0.121. The molecule has 0 aliphatic heterocycles. The van der Waals surface area contributed by atoms with Gasteiger partial charge in [-0.15, -0.1) is 0 Å². The lowest BCUT2D eigenvalue weighted by atomic mass is 10.0. The highest BCUT2D eigenvalue weighted by atomic mass is 19.1. The highest BCUT2D eigenvalue weighted by Gasteiger charge is 2.13. The Labute approximate surface area is 150 Å². The van der Waals surface area contributed by atoms with Crippen LogP contribution in [0.15, 0.2) is 55.1 Å². The molecule has 0 fully saturated rings. The zero-order valence-corrected chi connectivity index (χ0v) is 14.4. The summed E-state index contributed by atoms with van der Waals surface area (Å²) in [6.45, 7) is 5.36. The first-order chi connectivity index (χ1) is 12.4. The maximum absolute atomic E-state index is 13.8. The number of carbonyl (C=O) groups excluding carboxylic acids is 2. The number of halogens is 2. The lowest BCUT2D eigenvalue weighted by Crippen LogP contribution is -2.29. The van der Waals surface area contributed by atoms with Gasteiger partial charge in [-0.25, -0.2) is 8.78 Å². The van der Waals surface area contributed by atoms with Crippen LogP contribution in [0.4, 0.5) is 14.5 Å². The summed E-state index contributed by atoms with van der Waals surface area (Å²) in [6, 6.07) is 10.3. The van der Waals surface area contributed by atoms with E-state index in [-0.39, 0.29) is 30.7 Å². The van der Waals surface area contributed by atoms with Crippen molar-refractivity contribution in [3.8, 4) is 0 Å². The van der Waals surface area contributed by atoms with Crippen LogP contribution in [0, 0.1) is 11.6 Å². The Morgan fingerprint density at radius 1 is 1.19 bits per heavy atom. The minimum atomic E-state index is -0.633. The molecule has 2 rings (SSSR count). The number of amides is 2. The van der Waals surface area contributed by atoms with Gasteiger partial charge in [0.05, 0.1) is 6.42 Å². The number of carbonyl (C=O) groups is 2. The van der Waals surface area contributed by atoms with Gasteiger partial charge in [-0.2, -0.15) is 0 Å². The van der Waals surface area contributed by atoms with Gasteiger partial charge >= 0.3 is 0 Å². The van der Waals surface area contributed by atoms with E-state index in [1.54, 1.807) is 31.2 Å². The molecule has 0 aromatic heterocycles. The third-order valence-electron chi connectivity index (χ3n) is 3.84. The van der Waals surface area contributed by atoms with Crippen LogP contribution in [0.2, 0.25) is 0 Å². The molecule has 0 saturated carbocycles. The second-order valence-electron chi connectivity index (χ2n) is 5.94. The van der Waals surface area contributed by atoms with Gasteiger partial charge in [-0.05, 0) is 35.4 Å². The molecule has 1 unspecified atom stereocenters. The fraction of sp³-hybridized carbons (Fsp3) is 0.200. The van der Waals surface area contributed by atoms with Crippen molar-refractivity contribution < 1.29 is 18.4 Å². The molecule has 0 aliphatic rings. The van der Waals surface area contributed by atoms with E-state index in [2.05, 4.69) is 17.2 Å². The third kappa shape index (κ3) is 5.51. The minimum Gasteiger partial charge on any atom is -0.355 e. The number of hydrogen-bond acceptors (Lipinski definition) is 2. The molecule has 0 heterocycles. The van der Waals surface area contributed by atoms with E-state index in [0.717, 1.165) is 17.7 Å². The van der Waals surface area contributed by atoms with Crippen LogP contribution >= 0.6 is 0 Å². The maximum Gasteiger partial charge on any atom is 0.247 e. The molecular formula is C20H20F2N2O2. The maximum atomic E-state index is 13.8. The number of anilines is 1. The Balaban J connectivity index is 1.91. The Morgan fingerprint density at radius 3 is 2.65 bits per heavy atom. The lowest BCUT2D eigenvalue weighted by molar-refractivity contribution is -0.120. The first-order valence-corrected chi connectivity index (χ1v) is 8.13. The number of hydrogen-bond donors (Lipinski definition) is 2. The third-order valence-corrected chi connectivity index (χ3v) is 3.84. The largest absolute Gasteiger partial charge is 0.355 e. The summed E-state index contributed by atoms with van der Waals surface area (Å²) in [5, 5.41) is 5.37. The fourth-order valence-corrected chi connectivity index (χ4v) is 2.48. The highest BCUT2D eigenvalue weighted by molar-refractivity contribution is 5.98. The van der Waals surface area contributed by atoms with Crippen molar-refractivity contribution in [2.24, 2.45) is 0 Å². The van der Waals surface area contributed by atoms with Gasteiger partial charge < -0.3 is 10.6 Å². The molecular weight excluding hydrogens is 338 g/mol. The standard InChI is InChI=1S/C20H20F2N2O2/c1-3-19(25)24-16-6-4-5-14(9-16)10-20(26)23-12-13(2)17-8-7-15(21)11-18(17)22/h3-9,11,13H,1,10,12H2,2H3,(H,23,26)(H,24,25). The predicted octanol–water partition coefficient (Wildman–Crippen LogP) is 3.55. The van der Waals surface area contributed by atoms with Crippen molar-refractivity contribution >= 4 is 17.5 Å². The normalized spacial score (nSPS) is 11.5. The fourth-order valence-electron chi connectivity index (χ4n) is 2.48. The summed E-state index contributed by atoms with van der Waals surface area (Å²) >= 11 is 0. The molecule has 2 amide bonds. The van der Waals surface area contributed by atoms with Crippen molar-refractivity contribution in [2.45, 2.75) is 19.3 Å². The van der Waals surface area contributed by atoms with Gasteiger partial charge in [0, 0.05) is 24.2 Å². The zero-order chi connectivity index (χ0) is 19.1. The van der Waals surface area contributed by atoms with Crippen LogP contribution in [0.3, 0.4) is 0 Å². The predicted molar refractivity (Wildman–Crippen MR) is 96.8 cm³/mol. The summed E-state index contributed by atoms with van der Waals surface area (Å²) in [5.74, 6) is -2.12. The Hall–Kier alpha value is -3.02. The van der Waals surface area contributed by atoms with Gasteiger partial charge in [0.2, 0.25) is 11.8 Å². The van der Waals surface area contributed by atoms with Crippen molar-refractivity contribution in [3.63, 3.8) is 0 Å². The van der Waals surface area contributed by atoms with E-state index >= 15 is 0 Å². The van der Waals surface area contributed by atoms with E-state index in [0.29, 0.717) is 11.3 Å². The smallest absolute Gasteiger partial charge is 0.247 e. The van der Waals surface area contributed by atoms with E-state index in [1.165, 1.54) is 12.1 Å². The molecule has 136 valence electrons. The van der Waals surface area contributed by atoms with Gasteiger partial charge in [0.1, 0.15) is 11.6 Å². The molecule has 2 aromatic carbocycles. The molecule has 0 aliphatic carbocycles. The summed E-state index contributed by atoms with van der Waals surface area (Å²) in [4.78, 5) is 23.4. The van der Waals surface area contributed by atoms with Gasteiger partial charge in [0.15, 0.2) is 0 Å². The molecule has 0 spiro atoms. The van der Waals surface area contributed by atoms with Crippen LogP contribution in [0.1, 0.15) is 24.0 Å². The summed E-state index contributed by atoms with van der Waals surface area (Å²) in [5.41, 5.74) is 1.65. The molecule has 2 aromatic rings. The number of rotatable bonds is 7. The Morgan fingerprint density at radius 2 is 1.96 bits per heavy atom.